The lowest BCUT2D eigenvalue weighted by molar-refractivity contribution is 0.0501. The summed E-state index contributed by atoms with van der Waals surface area (Å²) in [5.74, 6) is -0.240. The van der Waals surface area contributed by atoms with Crippen molar-refractivity contribution in [3.8, 4) is 0 Å². The Labute approximate surface area is 90.6 Å². The summed E-state index contributed by atoms with van der Waals surface area (Å²) in [4.78, 5) is 11.4. The van der Waals surface area contributed by atoms with Crippen LogP contribution in [0.4, 0.5) is 0 Å². The molecule has 0 aliphatic rings. The fraction of sp³-hybridized carbons (Fsp3) is 0.308. The van der Waals surface area contributed by atoms with Gasteiger partial charge in [0, 0.05) is 0 Å². The lowest BCUT2D eigenvalue weighted by Gasteiger charge is -2.02. The van der Waals surface area contributed by atoms with Crippen LogP contribution in [0.2, 0.25) is 0 Å². The Morgan fingerprint density at radius 1 is 1.33 bits per heavy atom. The minimum Gasteiger partial charge on any atom is -0.462 e. The number of carbonyl (C=O) groups excluding carboxylic acids is 1. The van der Waals surface area contributed by atoms with Crippen LogP contribution in [0, 0.1) is 0 Å². The number of allylic oxidation sites excluding steroid dienone is 2. The van der Waals surface area contributed by atoms with E-state index >= 15 is 0 Å². The van der Waals surface area contributed by atoms with E-state index in [4.69, 9.17) is 4.74 Å². The molecule has 0 spiro atoms. The third kappa shape index (κ3) is 4.45. The van der Waals surface area contributed by atoms with Crippen LogP contribution in [0.1, 0.15) is 30.1 Å². The molecule has 1 aromatic rings. The Kier molecular flexibility index (Phi) is 5.23. The highest BCUT2D eigenvalue weighted by Gasteiger charge is 2.04. The van der Waals surface area contributed by atoms with Crippen LogP contribution in [0.3, 0.4) is 0 Å². The van der Waals surface area contributed by atoms with Gasteiger partial charge < -0.3 is 4.74 Å². The van der Waals surface area contributed by atoms with Gasteiger partial charge in [-0.05, 0) is 31.9 Å². The summed E-state index contributed by atoms with van der Waals surface area (Å²) in [6.45, 7) is 2.47. The summed E-state index contributed by atoms with van der Waals surface area (Å²) in [5.41, 5.74) is 0.614. The van der Waals surface area contributed by atoms with Crippen LogP contribution in [-0.2, 0) is 4.74 Å². The first-order valence-corrected chi connectivity index (χ1v) is 5.18. The summed E-state index contributed by atoms with van der Waals surface area (Å²) < 4.78 is 5.10. The van der Waals surface area contributed by atoms with E-state index in [0.717, 1.165) is 12.8 Å². The minimum atomic E-state index is -0.240. The zero-order chi connectivity index (χ0) is 10.9. The molecule has 15 heavy (non-hydrogen) atoms. The van der Waals surface area contributed by atoms with E-state index in [0.29, 0.717) is 12.2 Å². The quantitative estimate of drug-likeness (QED) is 0.418. The Bertz CT molecular complexity index is 315. The third-order valence-electron chi connectivity index (χ3n) is 1.99. The second kappa shape index (κ2) is 6.82. The zero-order valence-electron chi connectivity index (χ0n) is 8.98. The molecular weight excluding hydrogens is 188 g/mol. The van der Waals surface area contributed by atoms with E-state index in [-0.39, 0.29) is 5.97 Å². The Morgan fingerprint density at radius 2 is 2.07 bits per heavy atom. The van der Waals surface area contributed by atoms with Crippen LogP contribution in [-0.4, -0.2) is 12.6 Å². The van der Waals surface area contributed by atoms with Gasteiger partial charge in [-0.3, -0.25) is 0 Å². The molecule has 0 bridgehead atoms. The van der Waals surface area contributed by atoms with E-state index in [9.17, 15) is 4.79 Å². The molecule has 0 atom stereocenters. The number of ether oxygens (including phenoxy) is 1. The predicted molar refractivity (Wildman–Crippen MR) is 60.8 cm³/mol. The van der Waals surface area contributed by atoms with Gasteiger partial charge in [0.2, 0.25) is 0 Å². The first-order chi connectivity index (χ1) is 7.34. The Morgan fingerprint density at radius 3 is 2.73 bits per heavy atom. The van der Waals surface area contributed by atoms with Crippen molar-refractivity contribution in [2.45, 2.75) is 19.8 Å². The molecule has 0 radical (unpaired) electrons. The molecule has 1 aromatic carbocycles. The molecule has 0 amide bonds. The molecule has 0 heterocycles. The Hall–Kier alpha value is -1.57. The minimum absolute atomic E-state index is 0.240. The maximum Gasteiger partial charge on any atom is 0.338 e. The number of hydrogen-bond acceptors (Lipinski definition) is 2. The average Bonchev–Trinajstić information content (AvgIpc) is 2.30. The van der Waals surface area contributed by atoms with Crippen molar-refractivity contribution in [1.82, 2.24) is 0 Å². The van der Waals surface area contributed by atoms with E-state index < -0.39 is 0 Å². The van der Waals surface area contributed by atoms with Crippen LogP contribution in [0.15, 0.2) is 42.5 Å². The summed E-state index contributed by atoms with van der Waals surface area (Å²) in [6, 6.07) is 9.05. The van der Waals surface area contributed by atoms with E-state index in [1.807, 2.05) is 31.2 Å². The molecule has 0 aliphatic heterocycles. The van der Waals surface area contributed by atoms with Crippen molar-refractivity contribution < 1.29 is 9.53 Å². The summed E-state index contributed by atoms with van der Waals surface area (Å²) in [7, 11) is 0. The van der Waals surface area contributed by atoms with Crippen molar-refractivity contribution in [3.05, 3.63) is 48.0 Å². The van der Waals surface area contributed by atoms with Gasteiger partial charge >= 0.3 is 5.97 Å². The van der Waals surface area contributed by atoms with Crippen molar-refractivity contribution in [3.63, 3.8) is 0 Å². The second-order valence-electron chi connectivity index (χ2n) is 3.21. The highest BCUT2D eigenvalue weighted by atomic mass is 16.5. The van der Waals surface area contributed by atoms with E-state index in [2.05, 4.69) is 6.08 Å². The molecule has 0 fully saturated rings. The number of unbranched alkanes of at least 4 members (excludes halogenated alkanes) is 1. The van der Waals surface area contributed by atoms with Crippen LogP contribution in [0.5, 0.6) is 0 Å². The molecule has 0 saturated carbocycles. The molecule has 0 N–H and O–H groups in total. The molecule has 0 unspecified atom stereocenters. The van der Waals surface area contributed by atoms with Crippen LogP contribution >= 0.6 is 0 Å². The first kappa shape index (κ1) is 11.5. The average molecular weight is 204 g/mol. The standard InChI is InChI=1S/C13H16O2/c1-2-3-4-8-11-15-13(14)12-9-6-5-7-10-12/h2-3,5-7,9-10H,4,8,11H2,1H3. The predicted octanol–water partition coefficient (Wildman–Crippen LogP) is 3.20. The molecule has 0 saturated heterocycles. The van der Waals surface area contributed by atoms with Gasteiger partial charge in [0.15, 0.2) is 0 Å². The topological polar surface area (TPSA) is 26.3 Å². The highest BCUT2D eigenvalue weighted by Crippen LogP contribution is 2.02. The first-order valence-electron chi connectivity index (χ1n) is 5.18. The summed E-state index contributed by atoms with van der Waals surface area (Å²) >= 11 is 0. The van der Waals surface area contributed by atoms with Crippen molar-refractivity contribution >= 4 is 5.97 Å². The van der Waals surface area contributed by atoms with Gasteiger partial charge in [-0.15, -0.1) is 0 Å². The number of carbonyl (C=O) groups is 1. The Balaban J connectivity index is 2.25. The van der Waals surface area contributed by atoms with Gasteiger partial charge in [0.25, 0.3) is 0 Å². The third-order valence-corrected chi connectivity index (χ3v) is 1.99. The molecular formula is C13H16O2. The number of benzene rings is 1. The number of rotatable bonds is 5. The van der Waals surface area contributed by atoms with Crippen LogP contribution in [0.25, 0.3) is 0 Å². The normalized spacial score (nSPS) is 10.5. The van der Waals surface area contributed by atoms with E-state index in [1.165, 1.54) is 0 Å². The molecule has 80 valence electrons. The second-order valence-corrected chi connectivity index (χ2v) is 3.21. The van der Waals surface area contributed by atoms with Crippen molar-refractivity contribution in [2.24, 2.45) is 0 Å². The highest BCUT2D eigenvalue weighted by molar-refractivity contribution is 5.89. The van der Waals surface area contributed by atoms with E-state index in [1.54, 1.807) is 12.1 Å². The summed E-state index contributed by atoms with van der Waals surface area (Å²) in [6.07, 6.45) is 5.90. The zero-order valence-corrected chi connectivity index (χ0v) is 8.98. The largest absolute Gasteiger partial charge is 0.462 e. The van der Waals surface area contributed by atoms with Gasteiger partial charge in [0.05, 0.1) is 12.2 Å². The van der Waals surface area contributed by atoms with Gasteiger partial charge in [-0.2, -0.15) is 0 Å². The number of hydrogen-bond donors (Lipinski definition) is 0. The molecule has 2 nitrogen and oxygen atoms in total. The van der Waals surface area contributed by atoms with Gasteiger partial charge in [-0.25, -0.2) is 4.79 Å². The summed E-state index contributed by atoms with van der Waals surface area (Å²) in [5, 5.41) is 0. The van der Waals surface area contributed by atoms with Gasteiger partial charge in [-0.1, -0.05) is 30.4 Å². The lowest BCUT2D eigenvalue weighted by Crippen LogP contribution is -2.05. The lowest BCUT2D eigenvalue weighted by atomic mass is 10.2. The molecule has 0 aliphatic carbocycles. The fourth-order valence-corrected chi connectivity index (χ4v) is 1.19. The number of esters is 1. The van der Waals surface area contributed by atoms with Crippen molar-refractivity contribution in [1.29, 1.82) is 0 Å². The maximum absolute atomic E-state index is 11.4. The van der Waals surface area contributed by atoms with Gasteiger partial charge in [0.1, 0.15) is 0 Å². The SMILES string of the molecule is CC=CCCCOC(=O)c1ccccc1. The molecule has 0 aromatic heterocycles. The van der Waals surface area contributed by atoms with Crippen molar-refractivity contribution in [2.75, 3.05) is 6.61 Å². The molecule has 1 rings (SSSR count). The fourth-order valence-electron chi connectivity index (χ4n) is 1.19. The smallest absolute Gasteiger partial charge is 0.338 e. The van der Waals surface area contributed by atoms with Crippen LogP contribution < -0.4 is 0 Å². The maximum atomic E-state index is 11.4. The monoisotopic (exact) mass is 204 g/mol. The molecule has 2 heteroatoms.